The molecule has 2 aromatic carbocycles. The summed E-state index contributed by atoms with van der Waals surface area (Å²) in [6.45, 7) is 1.12. The van der Waals surface area contributed by atoms with Gasteiger partial charge in [0.2, 0.25) is 5.91 Å². The normalized spacial score (nSPS) is 14.4. The second-order valence-corrected chi connectivity index (χ2v) is 11.0. The fraction of sp³-hybridized carbons (Fsp3) is 0.348. The molecule has 34 heavy (non-hydrogen) atoms. The number of aromatic nitrogens is 1. The van der Waals surface area contributed by atoms with Crippen molar-refractivity contribution >= 4 is 48.9 Å². The molecule has 0 atom stereocenters. The summed E-state index contributed by atoms with van der Waals surface area (Å²) in [5, 5.41) is 0. The molecular formula is C23H24FN3O5S2. The molecule has 2 amide bonds. The van der Waals surface area contributed by atoms with Crippen LogP contribution in [0.5, 0.6) is 0 Å². The first kappa shape index (κ1) is 24.2. The van der Waals surface area contributed by atoms with E-state index in [4.69, 9.17) is 4.74 Å². The van der Waals surface area contributed by atoms with Crippen LogP contribution in [0.4, 0.5) is 10.1 Å². The van der Waals surface area contributed by atoms with E-state index in [0.29, 0.717) is 35.6 Å². The lowest BCUT2D eigenvalue weighted by atomic mass is 10.0. The summed E-state index contributed by atoms with van der Waals surface area (Å²) in [6, 6.07) is 11.6. The molecule has 0 saturated heterocycles. The summed E-state index contributed by atoms with van der Waals surface area (Å²) in [4.78, 5) is 31.1. The highest BCUT2D eigenvalue weighted by Gasteiger charge is 2.28. The van der Waals surface area contributed by atoms with E-state index in [0.717, 1.165) is 29.7 Å². The van der Waals surface area contributed by atoms with Gasteiger partial charge < -0.3 is 14.2 Å². The summed E-state index contributed by atoms with van der Waals surface area (Å²) in [7, 11) is -2.51. The Morgan fingerprint density at radius 1 is 1.18 bits per heavy atom. The number of methoxy groups -OCH3 is 1. The number of hydrogen-bond donors (Lipinski definition) is 0. The van der Waals surface area contributed by atoms with Gasteiger partial charge >= 0.3 is 0 Å². The number of sulfone groups is 1. The minimum atomic E-state index is -4.04. The Morgan fingerprint density at radius 3 is 2.76 bits per heavy atom. The minimum absolute atomic E-state index is 0.245. The van der Waals surface area contributed by atoms with Crippen LogP contribution in [0.15, 0.2) is 47.5 Å². The largest absolute Gasteiger partial charge is 0.383 e. The highest BCUT2D eigenvalue weighted by atomic mass is 32.2. The molecule has 1 aliphatic heterocycles. The topological polar surface area (TPSA) is 98.0 Å². The number of amides is 2. The van der Waals surface area contributed by atoms with Gasteiger partial charge in [0, 0.05) is 25.9 Å². The van der Waals surface area contributed by atoms with Crippen molar-refractivity contribution in [2.75, 3.05) is 36.7 Å². The Labute approximate surface area is 200 Å². The molecular weight excluding hydrogens is 481 g/mol. The highest BCUT2D eigenvalue weighted by Crippen LogP contribution is 2.27. The first-order valence-electron chi connectivity index (χ1n) is 10.7. The van der Waals surface area contributed by atoms with Crippen LogP contribution < -0.4 is 9.70 Å². The maximum atomic E-state index is 13.6. The number of carbonyl (C=O) groups excluding carboxylic acids is 2. The summed E-state index contributed by atoms with van der Waals surface area (Å²) >= 11 is 1.08. The SMILES string of the molecule is COCCn1c(=NC(=O)CS(=O)(=O)CC(=O)N2CCCc3ccccc32)sc2cc(F)ccc21. The van der Waals surface area contributed by atoms with Crippen LogP contribution in [-0.4, -0.2) is 56.6 Å². The van der Waals surface area contributed by atoms with E-state index in [9.17, 15) is 22.4 Å². The molecule has 0 bridgehead atoms. The molecule has 0 radical (unpaired) electrons. The van der Waals surface area contributed by atoms with E-state index >= 15 is 0 Å². The number of carbonyl (C=O) groups is 2. The number of aryl methyl sites for hydroxylation is 1. The van der Waals surface area contributed by atoms with E-state index < -0.39 is 39.0 Å². The molecule has 11 heteroatoms. The van der Waals surface area contributed by atoms with Crippen LogP contribution in [0.2, 0.25) is 0 Å². The zero-order chi connectivity index (χ0) is 24.3. The second-order valence-electron chi connectivity index (χ2n) is 7.96. The Hall–Kier alpha value is -2.89. The van der Waals surface area contributed by atoms with Crippen molar-refractivity contribution in [2.45, 2.75) is 19.4 Å². The number of hydrogen-bond acceptors (Lipinski definition) is 6. The van der Waals surface area contributed by atoms with Crippen LogP contribution in [0.25, 0.3) is 10.2 Å². The van der Waals surface area contributed by atoms with Crippen molar-refractivity contribution in [3.63, 3.8) is 0 Å². The zero-order valence-corrected chi connectivity index (χ0v) is 20.2. The van der Waals surface area contributed by atoms with Crippen LogP contribution in [0, 0.1) is 5.82 Å². The molecule has 4 rings (SSSR count). The number of rotatable bonds is 7. The number of anilines is 1. The number of benzene rings is 2. The predicted octanol–water partition coefficient (Wildman–Crippen LogP) is 2.31. The smallest absolute Gasteiger partial charge is 0.263 e. The number of fused-ring (bicyclic) bond motifs is 2. The van der Waals surface area contributed by atoms with Crippen molar-refractivity contribution in [1.29, 1.82) is 0 Å². The van der Waals surface area contributed by atoms with E-state index in [1.807, 2.05) is 12.1 Å². The molecule has 8 nitrogen and oxygen atoms in total. The molecule has 2 heterocycles. The van der Waals surface area contributed by atoms with Gasteiger partial charge in [0.25, 0.3) is 5.91 Å². The van der Waals surface area contributed by atoms with Gasteiger partial charge in [-0.15, -0.1) is 0 Å². The van der Waals surface area contributed by atoms with E-state index in [1.54, 1.807) is 22.8 Å². The Kier molecular flexibility index (Phi) is 7.24. The molecule has 1 aliphatic rings. The monoisotopic (exact) mass is 505 g/mol. The number of ether oxygens (including phenoxy) is 1. The average Bonchev–Trinajstić information content (AvgIpc) is 3.11. The molecule has 0 aliphatic carbocycles. The van der Waals surface area contributed by atoms with Gasteiger partial charge in [0.05, 0.1) is 16.8 Å². The van der Waals surface area contributed by atoms with Gasteiger partial charge in [-0.1, -0.05) is 29.5 Å². The lowest BCUT2D eigenvalue weighted by Gasteiger charge is -2.29. The van der Waals surface area contributed by atoms with Crippen LogP contribution >= 0.6 is 11.3 Å². The lowest BCUT2D eigenvalue weighted by molar-refractivity contribution is -0.116. The molecule has 0 saturated carbocycles. The van der Waals surface area contributed by atoms with E-state index in [1.165, 1.54) is 24.1 Å². The number of halogens is 1. The fourth-order valence-electron chi connectivity index (χ4n) is 3.97. The third-order valence-corrected chi connectivity index (χ3v) is 7.90. The van der Waals surface area contributed by atoms with Crippen LogP contribution in [0.3, 0.4) is 0 Å². The number of thiazole rings is 1. The molecule has 1 aromatic heterocycles. The van der Waals surface area contributed by atoms with Crippen LogP contribution in [0.1, 0.15) is 12.0 Å². The van der Waals surface area contributed by atoms with Gasteiger partial charge in [-0.05, 0) is 42.7 Å². The summed E-state index contributed by atoms with van der Waals surface area (Å²) in [5.74, 6) is -3.53. The van der Waals surface area contributed by atoms with E-state index in [-0.39, 0.29) is 4.80 Å². The van der Waals surface area contributed by atoms with Gasteiger partial charge in [0.15, 0.2) is 14.6 Å². The molecule has 0 unspecified atom stereocenters. The molecule has 180 valence electrons. The molecule has 0 fully saturated rings. The first-order valence-corrected chi connectivity index (χ1v) is 13.4. The maximum absolute atomic E-state index is 13.6. The zero-order valence-electron chi connectivity index (χ0n) is 18.6. The third kappa shape index (κ3) is 5.43. The number of nitrogens with zero attached hydrogens (tertiary/aromatic N) is 3. The average molecular weight is 506 g/mol. The quantitative estimate of drug-likeness (QED) is 0.491. The Balaban J connectivity index is 1.53. The van der Waals surface area contributed by atoms with Crippen molar-refractivity contribution in [3.05, 3.63) is 58.6 Å². The Morgan fingerprint density at radius 2 is 1.97 bits per heavy atom. The van der Waals surface area contributed by atoms with Gasteiger partial charge in [-0.2, -0.15) is 4.99 Å². The number of para-hydroxylation sites is 1. The van der Waals surface area contributed by atoms with Crippen molar-refractivity contribution in [1.82, 2.24) is 4.57 Å². The van der Waals surface area contributed by atoms with Crippen molar-refractivity contribution in [2.24, 2.45) is 4.99 Å². The van der Waals surface area contributed by atoms with Crippen molar-refractivity contribution < 1.29 is 27.1 Å². The van der Waals surface area contributed by atoms with Crippen molar-refractivity contribution in [3.8, 4) is 0 Å². The van der Waals surface area contributed by atoms with Gasteiger partial charge in [-0.25, -0.2) is 12.8 Å². The molecule has 0 N–H and O–H groups in total. The third-order valence-electron chi connectivity index (χ3n) is 5.48. The molecule has 0 spiro atoms. The fourth-order valence-corrected chi connectivity index (χ4v) is 6.14. The first-order chi connectivity index (χ1) is 16.3. The summed E-state index contributed by atoms with van der Waals surface area (Å²) in [6.07, 6.45) is 1.57. The van der Waals surface area contributed by atoms with Crippen LogP contribution in [-0.2, 0) is 37.1 Å². The Bertz CT molecular complexity index is 1410. The van der Waals surface area contributed by atoms with Gasteiger partial charge in [0.1, 0.15) is 17.3 Å². The maximum Gasteiger partial charge on any atom is 0.263 e. The lowest BCUT2D eigenvalue weighted by Crippen LogP contribution is -2.40. The summed E-state index contributed by atoms with van der Waals surface area (Å²) in [5.41, 5.74) is 2.37. The van der Waals surface area contributed by atoms with Gasteiger partial charge in [-0.3, -0.25) is 9.59 Å². The molecule has 3 aromatic rings. The predicted molar refractivity (Wildman–Crippen MR) is 128 cm³/mol. The highest BCUT2D eigenvalue weighted by molar-refractivity contribution is 7.92. The standard InChI is InChI=1S/C23H24FN3O5S2/c1-32-12-11-27-19-9-8-17(24)13-20(19)33-23(27)25-21(28)14-34(30,31)15-22(29)26-10-4-6-16-5-2-3-7-18(16)26/h2-3,5,7-9,13H,4,6,10-12,14-15H2,1H3. The van der Waals surface area contributed by atoms with E-state index in [2.05, 4.69) is 4.99 Å². The second kappa shape index (κ2) is 10.2. The minimum Gasteiger partial charge on any atom is -0.383 e. The summed E-state index contributed by atoms with van der Waals surface area (Å²) < 4.78 is 46.3.